The standard InChI is InChI=1S/C23H23F3N2O4/c1-2-31-20(30)6-4-3-5-9-28-17-8-7-13(10-14(17)24)19-12-18(29)21-22(27)15(25)11-16(26)23(21)32-19/h7-8,10-12,28H,2-6,9,27H2,1H3. The second-order valence-electron chi connectivity index (χ2n) is 7.17. The number of carbonyl (C=O) groups is 1. The molecule has 0 fully saturated rings. The van der Waals surface area contributed by atoms with Crippen molar-refractivity contribution >= 4 is 28.3 Å². The summed E-state index contributed by atoms with van der Waals surface area (Å²) in [5, 5.41) is 2.57. The molecule has 3 rings (SSSR count). The lowest BCUT2D eigenvalue weighted by Crippen LogP contribution is -2.07. The molecule has 6 nitrogen and oxygen atoms in total. The summed E-state index contributed by atoms with van der Waals surface area (Å²) in [6, 6.07) is 5.69. The van der Waals surface area contributed by atoms with E-state index < -0.39 is 39.5 Å². The van der Waals surface area contributed by atoms with Crippen LogP contribution in [0.3, 0.4) is 0 Å². The zero-order valence-electron chi connectivity index (χ0n) is 17.5. The Morgan fingerprint density at radius 1 is 1.06 bits per heavy atom. The minimum atomic E-state index is -1.08. The fraction of sp³-hybridized carbons (Fsp3) is 0.304. The lowest BCUT2D eigenvalue weighted by atomic mass is 10.1. The SMILES string of the molecule is CCOC(=O)CCCCCNc1ccc(-c2cc(=O)c3c(N)c(F)cc(F)c3o2)cc1F. The number of anilines is 2. The average Bonchev–Trinajstić information content (AvgIpc) is 2.75. The van der Waals surface area contributed by atoms with Gasteiger partial charge in [-0.05, 0) is 38.0 Å². The summed E-state index contributed by atoms with van der Waals surface area (Å²) in [6.45, 7) is 2.62. The molecule has 32 heavy (non-hydrogen) atoms. The van der Waals surface area contributed by atoms with Crippen LogP contribution >= 0.6 is 0 Å². The highest BCUT2D eigenvalue weighted by atomic mass is 19.1. The summed E-state index contributed by atoms with van der Waals surface area (Å²) in [5.41, 5.74) is 4.27. The van der Waals surface area contributed by atoms with Gasteiger partial charge in [-0.2, -0.15) is 0 Å². The maximum atomic E-state index is 14.5. The number of unbranched alkanes of at least 4 members (excludes halogenated alkanes) is 2. The number of ether oxygens (including phenoxy) is 1. The molecule has 9 heteroatoms. The Labute approximate surface area is 182 Å². The van der Waals surface area contributed by atoms with Gasteiger partial charge in [-0.25, -0.2) is 13.2 Å². The van der Waals surface area contributed by atoms with E-state index in [2.05, 4.69) is 5.32 Å². The maximum Gasteiger partial charge on any atom is 0.305 e. The van der Waals surface area contributed by atoms with Crippen molar-refractivity contribution in [3.63, 3.8) is 0 Å². The topological polar surface area (TPSA) is 94.6 Å². The number of carbonyl (C=O) groups excluding carboxylic acids is 1. The van der Waals surface area contributed by atoms with Gasteiger partial charge in [0, 0.05) is 30.7 Å². The van der Waals surface area contributed by atoms with Crippen molar-refractivity contribution in [3.05, 3.63) is 58.0 Å². The normalized spacial score (nSPS) is 11.0. The number of nitrogens with one attached hydrogen (secondary N) is 1. The molecular formula is C23H23F3N2O4. The summed E-state index contributed by atoms with van der Waals surface area (Å²) in [4.78, 5) is 23.6. The summed E-state index contributed by atoms with van der Waals surface area (Å²) in [6.07, 6.45) is 2.56. The van der Waals surface area contributed by atoms with Gasteiger partial charge in [0.1, 0.15) is 17.4 Å². The van der Waals surface area contributed by atoms with Crippen molar-refractivity contribution in [3.8, 4) is 11.3 Å². The van der Waals surface area contributed by atoms with Crippen molar-refractivity contribution in [1.29, 1.82) is 0 Å². The molecule has 0 atom stereocenters. The fourth-order valence-corrected chi connectivity index (χ4v) is 3.27. The van der Waals surface area contributed by atoms with E-state index in [0.717, 1.165) is 25.0 Å². The van der Waals surface area contributed by atoms with Crippen LogP contribution in [-0.4, -0.2) is 19.1 Å². The Morgan fingerprint density at radius 3 is 2.56 bits per heavy atom. The first-order valence-corrected chi connectivity index (χ1v) is 10.2. The fourth-order valence-electron chi connectivity index (χ4n) is 3.27. The molecule has 0 bridgehead atoms. The number of nitrogens with two attached hydrogens (primary N) is 1. The molecule has 0 saturated carbocycles. The van der Waals surface area contributed by atoms with Gasteiger partial charge in [0.15, 0.2) is 16.8 Å². The Balaban J connectivity index is 1.68. The number of hydrogen-bond donors (Lipinski definition) is 2. The Hall–Kier alpha value is -3.49. The van der Waals surface area contributed by atoms with Gasteiger partial charge in [-0.1, -0.05) is 6.42 Å². The van der Waals surface area contributed by atoms with Crippen LogP contribution in [-0.2, 0) is 9.53 Å². The highest BCUT2D eigenvalue weighted by Gasteiger charge is 2.17. The number of esters is 1. The first kappa shape index (κ1) is 23.2. The van der Waals surface area contributed by atoms with Crippen molar-refractivity contribution in [1.82, 2.24) is 0 Å². The van der Waals surface area contributed by atoms with Gasteiger partial charge in [-0.15, -0.1) is 0 Å². The largest absolute Gasteiger partial charge is 0.466 e. The lowest BCUT2D eigenvalue weighted by molar-refractivity contribution is -0.143. The molecule has 2 aromatic carbocycles. The van der Waals surface area contributed by atoms with Crippen LogP contribution in [0.1, 0.15) is 32.6 Å². The van der Waals surface area contributed by atoms with E-state index >= 15 is 0 Å². The van der Waals surface area contributed by atoms with E-state index in [0.29, 0.717) is 32.1 Å². The van der Waals surface area contributed by atoms with Gasteiger partial charge in [0.05, 0.1) is 23.4 Å². The smallest absolute Gasteiger partial charge is 0.305 e. The quantitative estimate of drug-likeness (QED) is 0.272. The summed E-state index contributed by atoms with van der Waals surface area (Å²) < 4.78 is 52.5. The van der Waals surface area contributed by atoms with Gasteiger partial charge in [0.25, 0.3) is 0 Å². The maximum absolute atomic E-state index is 14.5. The van der Waals surface area contributed by atoms with Crippen molar-refractivity contribution < 1.29 is 27.1 Å². The molecular weight excluding hydrogens is 425 g/mol. The Morgan fingerprint density at radius 2 is 1.84 bits per heavy atom. The van der Waals surface area contributed by atoms with Crippen LogP contribution in [0.2, 0.25) is 0 Å². The van der Waals surface area contributed by atoms with E-state index in [9.17, 15) is 22.8 Å². The second kappa shape index (κ2) is 10.2. The highest BCUT2D eigenvalue weighted by molar-refractivity contribution is 5.90. The predicted octanol–water partition coefficient (Wildman–Crippen LogP) is 4.99. The van der Waals surface area contributed by atoms with Crippen LogP contribution in [0, 0.1) is 17.5 Å². The molecule has 0 aliphatic rings. The third-order valence-corrected chi connectivity index (χ3v) is 4.88. The molecule has 0 radical (unpaired) electrons. The number of nitrogen functional groups attached to an aromatic ring is 1. The second-order valence-corrected chi connectivity index (χ2v) is 7.17. The first-order chi connectivity index (χ1) is 15.3. The van der Waals surface area contributed by atoms with Crippen LogP contribution in [0.5, 0.6) is 0 Å². The third kappa shape index (κ3) is 5.22. The molecule has 0 amide bonds. The molecule has 1 aromatic heterocycles. The lowest BCUT2D eigenvalue weighted by Gasteiger charge is -2.10. The molecule has 0 aliphatic heterocycles. The molecule has 0 unspecified atom stereocenters. The number of benzene rings is 2. The van der Waals surface area contributed by atoms with E-state index in [-0.39, 0.29) is 23.0 Å². The monoisotopic (exact) mass is 448 g/mol. The van der Waals surface area contributed by atoms with E-state index in [1.807, 2.05) is 0 Å². The molecule has 0 saturated heterocycles. The zero-order valence-corrected chi connectivity index (χ0v) is 17.5. The zero-order chi connectivity index (χ0) is 23.3. The van der Waals surface area contributed by atoms with Crippen molar-refractivity contribution in [2.24, 2.45) is 0 Å². The number of rotatable bonds is 9. The summed E-state index contributed by atoms with van der Waals surface area (Å²) >= 11 is 0. The van der Waals surface area contributed by atoms with Crippen molar-refractivity contribution in [2.45, 2.75) is 32.6 Å². The molecule has 3 aromatic rings. The third-order valence-electron chi connectivity index (χ3n) is 4.88. The summed E-state index contributed by atoms with van der Waals surface area (Å²) in [7, 11) is 0. The molecule has 170 valence electrons. The highest BCUT2D eigenvalue weighted by Crippen LogP contribution is 2.30. The van der Waals surface area contributed by atoms with Gasteiger partial charge >= 0.3 is 5.97 Å². The average molecular weight is 448 g/mol. The number of hydrogen-bond acceptors (Lipinski definition) is 6. The van der Waals surface area contributed by atoms with Crippen LogP contribution in [0.4, 0.5) is 24.5 Å². The Kier molecular flexibility index (Phi) is 7.40. The number of halogens is 3. The molecule has 1 heterocycles. The van der Waals surface area contributed by atoms with Crippen LogP contribution < -0.4 is 16.5 Å². The van der Waals surface area contributed by atoms with Gasteiger partial charge in [-0.3, -0.25) is 9.59 Å². The van der Waals surface area contributed by atoms with Crippen LogP contribution in [0.25, 0.3) is 22.3 Å². The van der Waals surface area contributed by atoms with Crippen molar-refractivity contribution in [2.75, 3.05) is 24.2 Å². The van der Waals surface area contributed by atoms with Gasteiger partial charge < -0.3 is 20.2 Å². The molecule has 3 N–H and O–H groups in total. The van der Waals surface area contributed by atoms with E-state index in [1.54, 1.807) is 6.92 Å². The minimum Gasteiger partial charge on any atom is -0.466 e. The molecule has 0 spiro atoms. The Bertz CT molecular complexity index is 1190. The van der Waals surface area contributed by atoms with Crippen LogP contribution in [0.15, 0.2) is 39.5 Å². The van der Waals surface area contributed by atoms with E-state index in [4.69, 9.17) is 14.9 Å². The predicted molar refractivity (Wildman–Crippen MR) is 116 cm³/mol. The summed E-state index contributed by atoms with van der Waals surface area (Å²) in [5.74, 6) is -3.02. The minimum absolute atomic E-state index is 0.0724. The number of fused-ring (bicyclic) bond motifs is 1. The molecule has 0 aliphatic carbocycles. The van der Waals surface area contributed by atoms with E-state index in [1.165, 1.54) is 12.1 Å². The van der Waals surface area contributed by atoms with Gasteiger partial charge in [0.2, 0.25) is 0 Å². The first-order valence-electron chi connectivity index (χ1n) is 10.2.